The first-order valence-electron chi connectivity index (χ1n) is 3.56. The molecule has 0 saturated carbocycles. The Kier molecular flexibility index (Phi) is 5.76. The predicted molar refractivity (Wildman–Crippen MR) is 46.3 cm³/mol. The number of aliphatic carboxylic acids is 1. The van der Waals surface area contributed by atoms with E-state index in [1.165, 1.54) is 6.92 Å². The molecular weight excluding hydrogens is 225 g/mol. The van der Waals surface area contributed by atoms with Crippen LogP contribution in [0.15, 0.2) is 0 Å². The first kappa shape index (κ1) is 11.5. The summed E-state index contributed by atoms with van der Waals surface area (Å²) in [7, 11) is 0. The number of rotatable bonds is 5. The monoisotopic (exact) mass is 239 g/mol. The fraction of sp³-hybridized carbons (Fsp3) is 0.714. The average molecular weight is 238 g/mol. The maximum atomic E-state index is 10.6. The first-order chi connectivity index (χ1) is 5.57. The second-order valence-corrected chi connectivity index (χ2v) is 4.44. The SMILES string of the molecule is C[Se]CC[C@H](NC(C)=O)C(=O)O. The van der Waals surface area contributed by atoms with E-state index in [9.17, 15) is 9.59 Å². The van der Waals surface area contributed by atoms with Crippen molar-refractivity contribution in [3.05, 3.63) is 0 Å². The molecule has 2 N–H and O–H groups in total. The van der Waals surface area contributed by atoms with Gasteiger partial charge in [-0.05, 0) is 0 Å². The van der Waals surface area contributed by atoms with Crippen molar-refractivity contribution in [3.63, 3.8) is 0 Å². The van der Waals surface area contributed by atoms with Gasteiger partial charge >= 0.3 is 77.4 Å². The standard InChI is InChI=1S/C7H13NO3Se/c1-5(9)8-6(7(10)11)3-4-12-2/h6H,3-4H2,1-2H3,(H,8,9)(H,10,11)/t6-/m0/s1. The molecule has 0 unspecified atom stereocenters. The Labute approximate surface area is 77.9 Å². The van der Waals surface area contributed by atoms with E-state index in [0.29, 0.717) is 21.4 Å². The van der Waals surface area contributed by atoms with Crippen LogP contribution in [-0.2, 0) is 9.59 Å². The zero-order valence-corrected chi connectivity index (χ0v) is 8.88. The van der Waals surface area contributed by atoms with Gasteiger partial charge < -0.3 is 0 Å². The summed E-state index contributed by atoms with van der Waals surface area (Å²) in [5.74, 6) is 0.806. The summed E-state index contributed by atoms with van der Waals surface area (Å²) >= 11 is 0.464. The molecule has 0 aliphatic heterocycles. The molecule has 0 aromatic rings. The molecule has 0 spiro atoms. The molecule has 4 nitrogen and oxygen atoms in total. The van der Waals surface area contributed by atoms with Crippen LogP contribution in [0, 0.1) is 0 Å². The van der Waals surface area contributed by atoms with E-state index in [4.69, 9.17) is 5.11 Å². The van der Waals surface area contributed by atoms with Crippen LogP contribution in [0.4, 0.5) is 0 Å². The number of carbonyl (C=O) groups is 2. The third-order valence-electron chi connectivity index (χ3n) is 1.29. The molecule has 0 aliphatic carbocycles. The Morgan fingerprint density at radius 1 is 1.58 bits per heavy atom. The number of nitrogens with one attached hydrogen (secondary N) is 1. The number of hydrogen-bond acceptors (Lipinski definition) is 2. The number of carbonyl (C=O) groups excluding carboxylic acids is 1. The van der Waals surface area contributed by atoms with Gasteiger partial charge in [0, 0.05) is 0 Å². The quantitative estimate of drug-likeness (QED) is 0.669. The van der Waals surface area contributed by atoms with E-state index in [0.717, 1.165) is 5.32 Å². The van der Waals surface area contributed by atoms with Gasteiger partial charge in [0.2, 0.25) is 0 Å². The van der Waals surface area contributed by atoms with Gasteiger partial charge in [0.05, 0.1) is 0 Å². The van der Waals surface area contributed by atoms with Crippen LogP contribution in [0.2, 0.25) is 11.1 Å². The van der Waals surface area contributed by atoms with Gasteiger partial charge in [-0.3, -0.25) is 0 Å². The van der Waals surface area contributed by atoms with Crippen LogP contribution >= 0.6 is 0 Å². The molecule has 1 amide bonds. The van der Waals surface area contributed by atoms with Gasteiger partial charge in [-0.15, -0.1) is 0 Å². The molecule has 0 fully saturated rings. The summed E-state index contributed by atoms with van der Waals surface area (Å²) in [4.78, 5) is 21.1. The second kappa shape index (κ2) is 6.03. The Balaban J connectivity index is 3.87. The van der Waals surface area contributed by atoms with E-state index in [1.807, 2.05) is 5.82 Å². The summed E-state index contributed by atoms with van der Waals surface area (Å²) in [6, 6.07) is -0.704. The van der Waals surface area contributed by atoms with Crippen molar-refractivity contribution in [2.24, 2.45) is 0 Å². The normalized spacial score (nSPS) is 12.2. The first-order valence-corrected chi connectivity index (χ1v) is 6.49. The van der Waals surface area contributed by atoms with E-state index in [2.05, 4.69) is 5.32 Å². The number of amides is 1. The molecule has 0 radical (unpaired) electrons. The average Bonchev–Trinajstić information content (AvgIpc) is 1.96. The molecule has 0 rings (SSSR count). The van der Waals surface area contributed by atoms with Gasteiger partial charge in [-0.2, -0.15) is 0 Å². The van der Waals surface area contributed by atoms with Crippen LogP contribution in [0.25, 0.3) is 0 Å². The van der Waals surface area contributed by atoms with Crippen molar-refractivity contribution >= 4 is 26.8 Å². The van der Waals surface area contributed by atoms with Gasteiger partial charge in [0.15, 0.2) is 0 Å². The molecule has 0 aromatic heterocycles. The van der Waals surface area contributed by atoms with Crippen molar-refractivity contribution in [2.45, 2.75) is 30.5 Å². The van der Waals surface area contributed by atoms with Crippen LogP contribution < -0.4 is 5.32 Å². The Bertz CT molecular complexity index is 172. The minimum atomic E-state index is -0.950. The summed E-state index contributed by atoms with van der Waals surface area (Å²) in [5.41, 5.74) is 0. The summed E-state index contributed by atoms with van der Waals surface area (Å²) in [6.45, 7) is 1.33. The van der Waals surface area contributed by atoms with Gasteiger partial charge in [-0.1, -0.05) is 0 Å². The molecular formula is C7H13NO3Se. The van der Waals surface area contributed by atoms with Crippen molar-refractivity contribution in [3.8, 4) is 0 Å². The minimum absolute atomic E-state index is 0.286. The predicted octanol–water partition coefficient (Wildman–Crippen LogP) is 0.136. The third kappa shape index (κ3) is 5.15. The molecule has 0 heterocycles. The van der Waals surface area contributed by atoms with E-state index in [-0.39, 0.29) is 5.91 Å². The maximum absolute atomic E-state index is 10.6. The fourth-order valence-corrected chi connectivity index (χ4v) is 1.73. The molecule has 1 atom stereocenters. The number of carboxylic acid groups (broad SMARTS) is 1. The molecule has 0 aromatic carbocycles. The molecule has 5 heteroatoms. The number of carboxylic acids is 1. The molecule has 12 heavy (non-hydrogen) atoms. The van der Waals surface area contributed by atoms with Crippen molar-refractivity contribution in [1.29, 1.82) is 0 Å². The van der Waals surface area contributed by atoms with Gasteiger partial charge in [0.1, 0.15) is 0 Å². The Morgan fingerprint density at radius 2 is 2.17 bits per heavy atom. The zero-order chi connectivity index (χ0) is 9.56. The van der Waals surface area contributed by atoms with Crippen LogP contribution in [0.1, 0.15) is 13.3 Å². The topological polar surface area (TPSA) is 66.4 Å². The third-order valence-corrected chi connectivity index (χ3v) is 2.64. The molecule has 0 aliphatic rings. The van der Waals surface area contributed by atoms with E-state index >= 15 is 0 Å². The number of hydrogen-bond donors (Lipinski definition) is 2. The van der Waals surface area contributed by atoms with Crippen LogP contribution in [0.5, 0.6) is 0 Å². The Hall–Kier alpha value is -0.541. The molecule has 70 valence electrons. The summed E-state index contributed by atoms with van der Waals surface area (Å²) in [6.07, 6.45) is 0.533. The van der Waals surface area contributed by atoms with Crippen molar-refractivity contribution < 1.29 is 14.7 Å². The zero-order valence-electron chi connectivity index (χ0n) is 7.16. The fourth-order valence-electron chi connectivity index (χ4n) is 0.738. The molecule has 0 bridgehead atoms. The summed E-state index contributed by atoms with van der Waals surface area (Å²) in [5, 5.41) is 11.9. The Morgan fingerprint density at radius 3 is 2.50 bits per heavy atom. The van der Waals surface area contributed by atoms with Crippen LogP contribution in [0.3, 0.4) is 0 Å². The summed E-state index contributed by atoms with van der Waals surface area (Å²) < 4.78 is 0. The van der Waals surface area contributed by atoms with Crippen molar-refractivity contribution in [2.75, 3.05) is 0 Å². The van der Waals surface area contributed by atoms with Crippen molar-refractivity contribution in [1.82, 2.24) is 5.32 Å². The van der Waals surface area contributed by atoms with Gasteiger partial charge in [0.25, 0.3) is 0 Å². The second-order valence-electron chi connectivity index (χ2n) is 2.37. The van der Waals surface area contributed by atoms with Crippen LogP contribution in [-0.4, -0.2) is 38.0 Å². The molecule has 0 saturated heterocycles. The van der Waals surface area contributed by atoms with E-state index < -0.39 is 12.0 Å². The van der Waals surface area contributed by atoms with E-state index in [1.54, 1.807) is 0 Å². The van der Waals surface area contributed by atoms with Gasteiger partial charge in [-0.25, -0.2) is 0 Å².